The van der Waals surface area contributed by atoms with Gasteiger partial charge in [0.05, 0.1) is 0 Å². The summed E-state index contributed by atoms with van der Waals surface area (Å²) in [4.78, 5) is 38.2. The molecule has 1 aromatic heterocycles. The Morgan fingerprint density at radius 2 is 1.81 bits per heavy atom. The maximum absolute atomic E-state index is 13.6. The molecule has 4 rings (SSSR count). The number of fused-ring (bicyclic) bond motifs is 1. The van der Waals surface area contributed by atoms with E-state index in [0.717, 1.165) is 31.6 Å². The molecule has 32 heavy (non-hydrogen) atoms. The normalized spacial score (nSPS) is 19.4. The lowest BCUT2D eigenvalue weighted by Gasteiger charge is -2.42. The van der Waals surface area contributed by atoms with Gasteiger partial charge in [-0.25, -0.2) is 4.79 Å². The molecule has 3 heterocycles. The zero-order chi connectivity index (χ0) is 22.9. The van der Waals surface area contributed by atoms with Gasteiger partial charge < -0.3 is 14.8 Å². The molecule has 7 heteroatoms. The summed E-state index contributed by atoms with van der Waals surface area (Å²) in [5.41, 5.74) is 1.68. The van der Waals surface area contributed by atoms with Crippen molar-refractivity contribution < 1.29 is 9.59 Å². The number of amides is 3. The molecule has 7 nitrogen and oxygen atoms in total. The molecule has 2 saturated heterocycles. The van der Waals surface area contributed by atoms with Gasteiger partial charge in [0, 0.05) is 50.5 Å². The van der Waals surface area contributed by atoms with Crippen LogP contribution in [0, 0.1) is 5.92 Å². The third kappa shape index (κ3) is 4.41. The fraction of sp³-hybridized carbons (Fsp3) is 0.600. The highest BCUT2D eigenvalue weighted by Gasteiger charge is 2.57. The number of carbonyl (C=O) groups excluding carboxylic acids is 2. The molecule has 0 radical (unpaired) electrons. The van der Waals surface area contributed by atoms with Gasteiger partial charge in [0.25, 0.3) is 5.91 Å². The molecule has 2 aliphatic heterocycles. The molecule has 2 aliphatic rings. The Balaban J connectivity index is 1.47. The standard InChI is InChI=1S/C25H37N5O2/c1-19(2)9-12-30-24(32)29(16-15-27(3)4)23(31)25(30)10-13-28(14-11-25)18-21-17-20-7-5-6-8-22(20)26-21/h5-8,17,19,26H,9-16,18H2,1-4H3. The molecule has 0 saturated carbocycles. The molecular weight excluding hydrogens is 402 g/mol. The summed E-state index contributed by atoms with van der Waals surface area (Å²) in [7, 11) is 3.94. The van der Waals surface area contributed by atoms with E-state index < -0.39 is 5.54 Å². The second kappa shape index (κ2) is 9.24. The lowest BCUT2D eigenvalue weighted by molar-refractivity contribution is -0.135. The van der Waals surface area contributed by atoms with E-state index in [1.54, 1.807) is 0 Å². The summed E-state index contributed by atoms with van der Waals surface area (Å²) in [5, 5.41) is 1.23. The first-order valence-electron chi connectivity index (χ1n) is 11.9. The van der Waals surface area contributed by atoms with E-state index >= 15 is 0 Å². The Labute approximate surface area is 191 Å². The van der Waals surface area contributed by atoms with Crippen LogP contribution in [-0.2, 0) is 11.3 Å². The van der Waals surface area contributed by atoms with Gasteiger partial charge in [-0.05, 0) is 56.8 Å². The molecule has 1 N–H and O–H groups in total. The molecule has 0 bridgehead atoms. The van der Waals surface area contributed by atoms with Crippen molar-refractivity contribution in [1.82, 2.24) is 24.6 Å². The third-order valence-electron chi connectivity index (χ3n) is 6.99. The maximum Gasteiger partial charge on any atom is 0.327 e. The Morgan fingerprint density at radius 1 is 1.09 bits per heavy atom. The van der Waals surface area contributed by atoms with Gasteiger partial charge in [0.1, 0.15) is 5.54 Å². The van der Waals surface area contributed by atoms with Crippen LogP contribution in [0.5, 0.6) is 0 Å². The minimum atomic E-state index is -0.671. The van der Waals surface area contributed by atoms with E-state index in [1.165, 1.54) is 16.0 Å². The lowest BCUT2D eigenvalue weighted by Crippen LogP contribution is -2.56. The first-order valence-corrected chi connectivity index (χ1v) is 11.9. The second-order valence-electron chi connectivity index (χ2n) is 10.1. The predicted octanol–water partition coefficient (Wildman–Crippen LogP) is 3.37. The van der Waals surface area contributed by atoms with Gasteiger partial charge >= 0.3 is 6.03 Å². The fourth-order valence-corrected chi connectivity index (χ4v) is 5.00. The fourth-order valence-electron chi connectivity index (χ4n) is 5.00. The summed E-state index contributed by atoms with van der Waals surface area (Å²) in [6.45, 7) is 8.61. The van der Waals surface area contributed by atoms with Crippen LogP contribution >= 0.6 is 0 Å². The van der Waals surface area contributed by atoms with E-state index in [2.05, 4.69) is 48.0 Å². The Hall–Kier alpha value is -2.38. The number of likely N-dealkylation sites (N-methyl/N-ethyl adjacent to an activating group) is 1. The van der Waals surface area contributed by atoms with Crippen molar-refractivity contribution in [3.63, 3.8) is 0 Å². The smallest absolute Gasteiger partial charge is 0.327 e. The van der Waals surface area contributed by atoms with Crippen LogP contribution in [0.3, 0.4) is 0 Å². The number of nitrogens with one attached hydrogen (secondary N) is 1. The van der Waals surface area contributed by atoms with Gasteiger partial charge in [-0.15, -0.1) is 0 Å². The van der Waals surface area contributed by atoms with Crippen molar-refractivity contribution in [2.75, 3.05) is 46.8 Å². The number of urea groups is 1. The molecule has 0 unspecified atom stereocenters. The van der Waals surface area contributed by atoms with Crippen molar-refractivity contribution in [3.8, 4) is 0 Å². The van der Waals surface area contributed by atoms with Crippen LogP contribution in [0.25, 0.3) is 10.9 Å². The van der Waals surface area contributed by atoms with Crippen molar-refractivity contribution >= 4 is 22.8 Å². The summed E-state index contributed by atoms with van der Waals surface area (Å²) in [5.74, 6) is 0.506. The van der Waals surface area contributed by atoms with Gasteiger partial charge in [0.15, 0.2) is 0 Å². The zero-order valence-electron chi connectivity index (χ0n) is 19.9. The van der Waals surface area contributed by atoms with Crippen LogP contribution in [0.1, 0.15) is 38.8 Å². The van der Waals surface area contributed by atoms with Crippen LogP contribution < -0.4 is 0 Å². The number of hydrogen-bond acceptors (Lipinski definition) is 4. The average molecular weight is 440 g/mol. The average Bonchev–Trinajstić information content (AvgIpc) is 3.24. The SMILES string of the molecule is CC(C)CCN1C(=O)N(CCN(C)C)C(=O)C12CCN(Cc1cc3ccccc3[nH]1)CC2. The molecule has 2 fully saturated rings. The minimum absolute atomic E-state index is 0.0124. The van der Waals surface area contributed by atoms with Crippen molar-refractivity contribution in [3.05, 3.63) is 36.0 Å². The Morgan fingerprint density at radius 3 is 2.47 bits per heavy atom. The van der Waals surface area contributed by atoms with Crippen molar-refractivity contribution in [1.29, 1.82) is 0 Å². The van der Waals surface area contributed by atoms with Gasteiger partial charge in [-0.2, -0.15) is 0 Å². The summed E-state index contributed by atoms with van der Waals surface area (Å²) < 4.78 is 0. The largest absolute Gasteiger partial charge is 0.357 e. The molecular formula is C25H37N5O2. The van der Waals surface area contributed by atoms with Gasteiger partial charge in [-0.1, -0.05) is 32.0 Å². The topological polar surface area (TPSA) is 62.9 Å². The number of aromatic nitrogens is 1. The molecule has 1 aromatic carbocycles. The summed E-state index contributed by atoms with van der Waals surface area (Å²) in [6, 6.07) is 10.4. The van der Waals surface area contributed by atoms with E-state index in [9.17, 15) is 9.59 Å². The van der Waals surface area contributed by atoms with Crippen molar-refractivity contribution in [2.24, 2.45) is 5.92 Å². The Bertz CT molecular complexity index is 925. The van der Waals surface area contributed by atoms with E-state index in [0.29, 0.717) is 38.4 Å². The third-order valence-corrected chi connectivity index (χ3v) is 6.99. The van der Waals surface area contributed by atoms with Crippen LogP contribution in [0.2, 0.25) is 0 Å². The van der Waals surface area contributed by atoms with Crippen molar-refractivity contribution in [2.45, 2.75) is 45.2 Å². The van der Waals surface area contributed by atoms with E-state index in [-0.39, 0.29) is 11.9 Å². The summed E-state index contributed by atoms with van der Waals surface area (Å²) >= 11 is 0. The number of likely N-dealkylation sites (tertiary alicyclic amines) is 1. The predicted molar refractivity (Wildman–Crippen MR) is 127 cm³/mol. The zero-order valence-corrected chi connectivity index (χ0v) is 19.9. The van der Waals surface area contributed by atoms with Crippen LogP contribution in [-0.4, -0.2) is 88.9 Å². The first kappa shape index (κ1) is 22.8. The number of aromatic amines is 1. The molecule has 1 spiro atoms. The first-order chi connectivity index (χ1) is 15.3. The number of rotatable bonds is 8. The lowest BCUT2D eigenvalue weighted by atomic mass is 9.85. The highest BCUT2D eigenvalue weighted by atomic mass is 16.2. The Kier molecular flexibility index (Phi) is 6.58. The highest BCUT2D eigenvalue weighted by molar-refractivity contribution is 6.07. The monoisotopic (exact) mass is 439 g/mol. The molecule has 0 aliphatic carbocycles. The van der Waals surface area contributed by atoms with Crippen LogP contribution in [0.4, 0.5) is 4.79 Å². The number of H-pyrrole nitrogens is 1. The van der Waals surface area contributed by atoms with Gasteiger partial charge in [0.2, 0.25) is 0 Å². The number of piperidine rings is 1. The number of carbonyl (C=O) groups is 2. The number of para-hydroxylation sites is 1. The highest BCUT2D eigenvalue weighted by Crippen LogP contribution is 2.38. The molecule has 174 valence electrons. The number of nitrogens with zero attached hydrogens (tertiary/aromatic N) is 4. The molecule has 3 amide bonds. The number of imide groups is 1. The molecule has 0 atom stereocenters. The van der Waals surface area contributed by atoms with Gasteiger partial charge in [-0.3, -0.25) is 14.6 Å². The quantitative estimate of drug-likeness (QED) is 0.641. The molecule has 2 aromatic rings. The number of hydrogen-bond donors (Lipinski definition) is 1. The van der Waals surface area contributed by atoms with Crippen LogP contribution in [0.15, 0.2) is 30.3 Å². The summed E-state index contributed by atoms with van der Waals surface area (Å²) in [6.07, 6.45) is 2.32. The van der Waals surface area contributed by atoms with E-state index in [1.807, 2.05) is 30.0 Å². The minimum Gasteiger partial charge on any atom is -0.357 e. The number of benzene rings is 1. The maximum atomic E-state index is 13.6. The van der Waals surface area contributed by atoms with E-state index in [4.69, 9.17) is 0 Å². The second-order valence-corrected chi connectivity index (χ2v) is 10.1.